The lowest BCUT2D eigenvalue weighted by Crippen LogP contribution is -2.55. The molecule has 0 unspecified atom stereocenters. The molecule has 0 spiro atoms. The zero-order valence-corrected chi connectivity index (χ0v) is 17.4. The van der Waals surface area contributed by atoms with Crippen LogP contribution in [0.4, 0.5) is 19.4 Å². The third-order valence-corrected chi connectivity index (χ3v) is 4.44. The number of aliphatic carboxylic acids is 1. The molecule has 2 amide bonds. The number of aliphatic hydroxyl groups is 2. The maximum atomic E-state index is 14.2. The summed E-state index contributed by atoms with van der Waals surface area (Å²) >= 11 is 0. The summed E-state index contributed by atoms with van der Waals surface area (Å²) in [5.41, 5.74) is 2.87. The number of alkyl halides is 2. The van der Waals surface area contributed by atoms with Crippen LogP contribution in [0.15, 0.2) is 17.1 Å². The van der Waals surface area contributed by atoms with Crippen molar-refractivity contribution >= 4 is 23.8 Å². The van der Waals surface area contributed by atoms with Gasteiger partial charge in [0.1, 0.15) is 18.5 Å². The molecule has 14 nitrogen and oxygen atoms in total. The van der Waals surface area contributed by atoms with Gasteiger partial charge in [0.05, 0.1) is 12.1 Å². The number of ether oxygens (including phenoxy) is 2. The summed E-state index contributed by atoms with van der Waals surface area (Å²) in [5.74, 6) is -6.67. The van der Waals surface area contributed by atoms with Crippen LogP contribution in [0.5, 0.6) is 0 Å². The SMILES string of the molecule is CC(C)(N)C(=O)N[C@@H](COC(=O)Nc1ccn([C@@H]2O[C@H](CO)[C@@H](O)C2(F)F)c(=O)n1)C(=O)O. The minimum absolute atomic E-state index is 0.361. The highest BCUT2D eigenvalue weighted by Gasteiger charge is 2.59. The summed E-state index contributed by atoms with van der Waals surface area (Å²) in [6.45, 7) is 0.948. The van der Waals surface area contributed by atoms with E-state index in [4.69, 9.17) is 20.7 Å². The van der Waals surface area contributed by atoms with Crippen molar-refractivity contribution in [2.45, 2.75) is 49.8 Å². The van der Waals surface area contributed by atoms with Crippen LogP contribution >= 0.6 is 0 Å². The highest BCUT2D eigenvalue weighted by atomic mass is 19.3. The molecule has 0 bridgehead atoms. The summed E-state index contributed by atoms with van der Waals surface area (Å²) < 4.78 is 38.2. The molecule has 0 aromatic carbocycles. The summed E-state index contributed by atoms with van der Waals surface area (Å²) in [7, 11) is 0. The van der Waals surface area contributed by atoms with E-state index in [2.05, 4.69) is 15.0 Å². The number of aromatic nitrogens is 2. The number of rotatable bonds is 8. The molecular weight excluding hydrogens is 456 g/mol. The van der Waals surface area contributed by atoms with E-state index in [1.54, 1.807) is 0 Å². The molecule has 0 aliphatic carbocycles. The number of hydrogen-bond donors (Lipinski definition) is 6. The number of nitrogens with one attached hydrogen (secondary N) is 2. The highest BCUT2D eigenvalue weighted by molar-refractivity contribution is 5.89. The predicted molar refractivity (Wildman–Crippen MR) is 103 cm³/mol. The van der Waals surface area contributed by atoms with Crippen LogP contribution in [-0.4, -0.2) is 85.8 Å². The van der Waals surface area contributed by atoms with Gasteiger partial charge in [-0.2, -0.15) is 13.8 Å². The predicted octanol–water partition coefficient (Wildman–Crippen LogP) is -2.02. The minimum Gasteiger partial charge on any atom is -0.480 e. The maximum Gasteiger partial charge on any atom is 0.412 e. The topological polar surface area (TPSA) is 215 Å². The number of halogens is 2. The molecule has 0 radical (unpaired) electrons. The summed E-state index contributed by atoms with van der Waals surface area (Å²) in [4.78, 5) is 50.4. The summed E-state index contributed by atoms with van der Waals surface area (Å²) in [5, 5.41) is 31.7. The second kappa shape index (κ2) is 9.74. The molecule has 4 atom stereocenters. The van der Waals surface area contributed by atoms with Crippen molar-refractivity contribution in [1.29, 1.82) is 0 Å². The Labute approximate surface area is 184 Å². The lowest BCUT2D eigenvalue weighted by molar-refractivity contribution is -0.143. The molecule has 1 saturated heterocycles. The summed E-state index contributed by atoms with van der Waals surface area (Å²) in [6.07, 6.45) is -6.70. The Bertz CT molecular complexity index is 965. The Morgan fingerprint density at radius 3 is 2.55 bits per heavy atom. The van der Waals surface area contributed by atoms with E-state index in [1.807, 2.05) is 5.32 Å². The number of carbonyl (C=O) groups excluding carboxylic acids is 2. The number of carboxylic acids is 1. The number of anilines is 1. The molecule has 0 saturated carbocycles. The zero-order valence-electron chi connectivity index (χ0n) is 17.4. The van der Waals surface area contributed by atoms with Gasteiger partial charge >= 0.3 is 23.7 Å². The Kier molecular flexibility index (Phi) is 7.68. The average Bonchev–Trinajstić information content (AvgIpc) is 2.93. The van der Waals surface area contributed by atoms with Gasteiger partial charge in [0.15, 0.2) is 12.1 Å². The maximum absolute atomic E-state index is 14.2. The molecule has 184 valence electrons. The van der Waals surface area contributed by atoms with E-state index >= 15 is 0 Å². The first-order chi connectivity index (χ1) is 15.2. The van der Waals surface area contributed by atoms with Gasteiger partial charge in [-0.25, -0.2) is 14.4 Å². The van der Waals surface area contributed by atoms with E-state index in [1.165, 1.54) is 13.8 Å². The number of hydrogen-bond acceptors (Lipinski definition) is 10. The van der Waals surface area contributed by atoms with Crippen LogP contribution in [0, 0.1) is 0 Å². The van der Waals surface area contributed by atoms with Crippen molar-refractivity contribution in [3.8, 4) is 0 Å². The molecule has 1 aromatic rings. The van der Waals surface area contributed by atoms with Gasteiger partial charge in [0.25, 0.3) is 0 Å². The number of carboxylic acid groups (broad SMARTS) is 1. The first-order valence-electron chi connectivity index (χ1n) is 9.36. The van der Waals surface area contributed by atoms with Crippen molar-refractivity contribution in [3.63, 3.8) is 0 Å². The van der Waals surface area contributed by atoms with Crippen LogP contribution in [-0.2, 0) is 19.1 Å². The normalized spacial score (nSPS) is 22.9. The van der Waals surface area contributed by atoms with Crippen molar-refractivity contribution in [1.82, 2.24) is 14.9 Å². The smallest absolute Gasteiger partial charge is 0.412 e. The van der Waals surface area contributed by atoms with Gasteiger partial charge in [0, 0.05) is 6.20 Å². The molecule has 2 rings (SSSR count). The van der Waals surface area contributed by atoms with Crippen molar-refractivity contribution < 1.29 is 48.0 Å². The zero-order chi connectivity index (χ0) is 25.1. The standard InChI is InChI=1S/C17H23F2N5O9/c1-16(2,20)12(29)21-7(11(27)28)6-32-15(31)23-9-3-4-24(14(30)22-9)13-17(18,19)10(26)8(5-25)33-13/h3-4,7-8,10,13,25-26H,5-6,20H2,1-2H3,(H,21,29)(H,27,28)(H,22,23,30,31)/t7-,8+,10+,13+/m0/s1. The van der Waals surface area contributed by atoms with Gasteiger partial charge in [-0.05, 0) is 19.9 Å². The summed E-state index contributed by atoms with van der Waals surface area (Å²) in [6, 6.07) is -0.687. The molecule has 33 heavy (non-hydrogen) atoms. The molecule has 1 aliphatic heterocycles. The molecule has 2 heterocycles. The number of amides is 2. The van der Waals surface area contributed by atoms with Crippen LogP contribution in [0.2, 0.25) is 0 Å². The van der Waals surface area contributed by atoms with Gasteiger partial charge in [-0.15, -0.1) is 0 Å². The lowest BCUT2D eigenvalue weighted by atomic mass is 10.1. The minimum atomic E-state index is -3.92. The third-order valence-electron chi connectivity index (χ3n) is 4.44. The number of nitrogens with two attached hydrogens (primary N) is 1. The van der Waals surface area contributed by atoms with E-state index in [-0.39, 0.29) is 0 Å². The fraction of sp³-hybridized carbons (Fsp3) is 0.588. The van der Waals surface area contributed by atoms with Gasteiger partial charge in [-0.1, -0.05) is 0 Å². The molecular formula is C17H23F2N5O9. The van der Waals surface area contributed by atoms with Gasteiger partial charge in [-0.3, -0.25) is 14.7 Å². The molecule has 16 heteroatoms. The molecule has 1 fully saturated rings. The molecule has 1 aromatic heterocycles. The van der Waals surface area contributed by atoms with E-state index in [0.29, 0.717) is 4.57 Å². The number of nitrogens with zero attached hydrogens (tertiary/aromatic N) is 2. The Balaban J connectivity index is 2.03. The quantitative estimate of drug-likeness (QED) is 0.239. The Morgan fingerprint density at radius 2 is 2.06 bits per heavy atom. The fourth-order valence-electron chi connectivity index (χ4n) is 2.60. The monoisotopic (exact) mass is 479 g/mol. The second-order valence-electron chi connectivity index (χ2n) is 7.64. The van der Waals surface area contributed by atoms with Crippen LogP contribution < -0.4 is 22.1 Å². The number of aliphatic hydroxyl groups excluding tert-OH is 2. The largest absolute Gasteiger partial charge is 0.480 e. The second-order valence-corrected chi connectivity index (χ2v) is 7.64. The van der Waals surface area contributed by atoms with Gasteiger partial charge in [0.2, 0.25) is 12.1 Å². The van der Waals surface area contributed by atoms with E-state index < -0.39 is 78.6 Å². The Hall–Kier alpha value is -3.21. The third kappa shape index (κ3) is 5.98. The Morgan fingerprint density at radius 1 is 1.42 bits per heavy atom. The molecule has 7 N–H and O–H groups in total. The van der Waals surface area contributed by atoms with Crippen molar-refractivity contribution in [3.05, 3.63) is 22.7 Å². The van der Waals surface area contributed by atoms with Crippen LogP contribution in [0.25, 0.3) is 0 Å². The van der Waals surface area contributed by atoms with E-state index in [0.717, 1.165) is 12.3 Å². The highest BCUT2D eigenvalue weighted by Crippen LogP contribution is 2.41. The first kappa shape index (κ1) is 26.0. The van der Waals surface area contributed by atoms with Crippen LogP contribution in [0.1, 0.15) is 20.1 Å². The van der Waals surface area contributed by atoms with E-state index in [9.17, 15) is 33.1 Å². The average molecular weight is 479 g/mol. The fourth-order valence-corrected chi connectivity index (χ4v) is 2.60. The van der Waals surface area contributed by atoms with Crippen LogP contribution in [0.3, 0.4) is 0 Å². The first-order valence-corrected chi connectivity index (χ1v) is 9.36. The lowest BCUT2D eigenvalue weighted by Gasteiger charge is -2.22. The number of carbonyl (C=O) groups is 3. The molecule has 1 aliphatic rings. The van der Waals surface area contributed by atoms with Crippen molar-refractivity contribution in [2.24, 2.45) is 5.73 Å². The van der Waals surface area contributed by atoms with Gasteiger partial charge < -0.3 is 35.8 Å². The van der Waals surface area contributed by atoms with Crippen molar-refractivity contribution in [2.75, 3.05) is 18.5 Å².